The van der Waals surface area contributed by atoms with Crippen molar-refractivity contribution in [1.82, 2.24) is 0 Å². The highest BCUT2D eigenvalue weighted by molar-refractivity contribution is 6.80. The zero-order valence-corrected chi connectivity index (χ0v) is 8.80. The van der Waals surface area contributed by atoms with Crippen molar-refractivity contribution in [1.29, 1.82) is 0 Å². The van der Waals surface area contributed by atoms with Crippen LogP contribution in [0.1, 0.15) is 11.1 Å². The van der Waals surface area contributed by atoms with Gasteiger partial charge in [0.25, 0.3) is 11.6 Å². The Bertz CT molecular complexity index is 567. The van der Waals surface area contributed by atoms with Crippen LogP contribution >= 0.6 is 0 Å². The fourth-order valence-corrected chi connectivity index (χ4v) is 1.79. The van der Waals surface area contributed by atoms with Gasteiger partial charge in [-0.1, -0.05) is 30.3 Å². The van der Waals surface area contributed by atoms with Crippen molar-refractivity contribution in [2.45, 2.75) is 6.42 Å². The summed E-state index contributed by atoms with van der Waals surface area (Å²) < 4.78 is 0. The maximum absolute atomic E-state index is 11.7. The molecule has 0 radical (unpaired) electrons. The van der Waals surface area contributed by atoms with Crippen molar-refractivity contribution in [3.8, 4) is 0 Å². The Labute approximate surface area is 96.9 Å². The van der Waals surface area contributed by atoms with Crippen molar-refractivity contribution in [2.75, 3.05) is 0 Å². The van der Waals surface area contributed by atoms with E-state index in [0.717, 1.165) is 5.56 Å². The van der Waals surface area contributed by atoms with Crippen LogP contribution < -0.4 is 0 Å². The second-order valence-corrected chi connectivity index (χ2v) is 3.62. The lowest BCUT2D eigenvalue weighted by molar-refractivity contribution is -0.144. The smallest absolute Gasteiger partial charge is 0.276 e. The highest BCUT2D eigenvalue weighted by atomic mass is 16.2. The standard InChI is InChI=1S/C13H8O4/c14-7-11(15)13(17)12(16)10-6-5-8-3-1-2-4-9(8)10/h1-4,6-7H,5H2. The molecule has 0 N–H and O–H groups in total. The number of Topliss-reactive ketones (excluding diaryl/α,β-unsaturated/α-hetero) is 3. The molecular formula is C13H8O4. The third-order valence-electron chi connectivity index (χ3n) is 2.62. The lowest BCUT2D eigenvalue weighted by Gasteiger charge is -2.02. The molecule has 1 aromatic carbocycles. The van der Waals surface area contributed by atoms with Gasteiger partial charge < -0.3 is 0 Å². The SMILES string of the molecule is O=CC(=O)C(=O)C(=O)C1=CCc2ccccc21. The molecule has 0 saturated heterocycles. The molecule has 17 heavy (non-hydrogen) atoms. The molecule has 1 aliphatic carbocycles. The first kappa shape index (κ1) is 11.1. The maximum Gasteiger partial charge on any atom is 0.276 e. The first-order chi connectivity index (χ1) is 8.15. The zero-order valence-electron chi connectivity index (χ0n) is 8.80. The Kier molecular flexibility index (Phi) is 2.78. The van der Waals surface area contributed by atoms with Gasteiger partial charge in [0, 0.05) is 5.57 Å². The van der Waals surface area contributed by atoms with Gasteiger partial charge in [0.15, 0.2) is 6.29 Å². The van der Waals surface area contributed by atoms with Crippen LogP contribution in [0.4, 0.5) is 0 Å². The highest BCUT2D eigenvalue weighted by Crippen LogP contribution is 2.27. The number of hydrogen-bond acceptors (Lipinski definition) is 4. The van der Waals surface area contributed by atoms with Gasteiger partial charge in [0.05, 0.1) is 0 Å². The summed E-state index contributed by atoms with van der Waals surface area (Å²) in [6.07, 6.45) is 2.02. The summed E-state index contributed by atoms with van der Waals surface area (Å²) in [4.78, 5) is 44.0. The minimum Gasteiger partial charge on any atom is -0.294 e. The van der Waals surface area contributed by atoms with Gasteiger partial charge in [0.1, 0.15) is 0 Å². The van der Waals surface area contributed by atoms with Crippen molar-refractivity contribution in [2.24, 2.45) is 0 Å². The molecule has 2 rings (SSSR count). The number of benzene rings is 1. The summed E-state index contributed by atoms with van der Waals surface area (Å²) in [5.41, 5.74) is 1.80. The van der Waals surface area contributed by atoms with Gasteiger partial charge >= 0.3 is 0 Å². The summed E-state index contributed by atoms with van der Waals surface area (Å²) >= 11 is 0. The van der Waals surface area contributed by atoms with Crippen LogP contribution in [0, 0.1) is 0 Å². The summed E-state index contributed by atoms with van der Waals surface area (Å²) in [7, 11) is 0. The van der Waals surface area contributed by atoms with Crippen LogP contribution in [-0.4, -0.2) is 23.6 Å². The van der Waals surface area contributed by atoms with E-state index in [1.807, 2.05) is 12.1 Å². The minimum absolute atomic E-state index is 0.137. The highest BCUT2D eigenvalue weighted by Gasteiger charge is 2.29. The zero-order chi connectivity index (χ0) is 12.4. The molecule has 84 valence electrons. The molecule has 0 atom stereocenters. The van der Waals surface area contributed by atoms with Crippen molar-refractivity contribution >= 4 is 29.2 Å². The minimum atomic E-state index is -1.31. The molecule has 0 saturated carbocycles. The first-order valence-corrected chi connectivity index (χ1v) is 5.01. The van der Waals surface area contributed by atoms with Gasteiger partial charge in [-0.05, 0) is 17.5 Å². The van der Waals surface area contributed by atoms with Gasteiger partial charge in [-0.15, -0.1) is 0 Å². The van der Waals surface area contributed by atoms with E-state index in [4.69, 9.17) is 0 Å². The number of carbonyl (C=O) groups excluding carboxylic acids is 4. The van der Waals surface area contributed by atoms with Gasteiger partial charge in [0.2, 0.25) is 5.78 Å². The first-order valence-electron chi connectivity index (χ1n) is 5.01. The van der Waals surface area contributed by atoms with E-state index >= 15 is 0 Å². The molecule has 4 heteroatoms. The average Bonchev–Trinajstić information content (AvgIpc) is 2.79. The number of allylic oxidation sites excluding steroid dienone is 2. The van der Waals surface area contributed by atoms with Crippen LogP contribution in [0.25, 0.3) is 5.57 Å². The molecule has 1 aliphatic rings. The molecule has 0 bridgehead atoms. The number of ketones is 3. The van der Waals surface area contributed by atoms with Gasteiger partial charge in [-0.3, -0.25) is 19.2 Å². The van der Waals surface area contributed by atoms with Crippen LogP contribution in [0.5, 0.6) is 0 Å². The number of rotatable bonds is 4. The van der Waals surface area contributed by atoms with Crippen LogP contribution in [-0.2, 0) is 25.6 Å². The molecule has 1 aromatic rings. The Morgan fingerprint density at radius 2 is 1.82 bits per heavy atom. The molecule has 0 aliphatic heterocycles. The second kappa shape index (κ2) is 4.25. The van der Waals surface area contributed by atoms with Crippen molar-refractivity contribution in [3.05, 3.63) is 41.5 Å². The Morgan fingerprint density at radius 1 is 1.12 bits per heavy atom. The summed E-state index contributed by atoms with van der Waals surface area (Å²) in [5.74, 6) is -3.49. The molecule has 0 heterocycles. The monoisotopic (exact) mass is 228 g/mol. The lowest BCUT2D eigenvalue weighted by atomic mass is 9.99. The molecule has 0 fully saturated rings. The topological polar surface area (TPSA) is 68.3 Å². The molecule has 0 spiro atoms. The van der Waals surface area contributed by atoms with E-state index < -0.39 is 17.3 Å². The van der Waals surface area contributed by atoms with Crippen LogP contribution in [0.3, 0.4) is 0 Å². The predicted molar refractivity (Wildman–Crippen MR) is 59.2 cm³/mol. The number of hydrogen-bond donors (Lipinski definition) is 0. The van der Waals surface area contributed by atoms with Crippen LogP contribution in [0.2, 0.25) is 0 Å². The largest absolute Gasteiger partial charge is 0.294 e. The second-order valence-electron chi connectivity index (χ2n) is 3.62. The number of fused-ring (bicyclic) bond motifs is 1. The Morgan fingerprint density at radius 3 is 2.53 bits per heavy atom. The fourth-order valence-electron chi connectivity index (χ4n) is 1.79. The molecular weight excluding hydrogens is 220 g/mol. The predicted octanol–water partition coefficient (Wildman–Crippen LogP) is 0.532. The molecule has 4 nitrogen and oxygen atoms in total. The Balaban J connectivity index is 2.33. The fraction of sp³-hybridized carbons (Fsp3) is 0.0769. The number of carbonyl (C=O) groups is 4. The third kappa shape index (κ3) is 1.85. The Hall–Kier alpha value is -2.36. The average molecular weight is 228 g/mol. The third-order valence-corrected chi connectivity index (χ3v) is 2.62. The molecule has 0 amide bonds. The van der Waals surface area contributed by atoms with Crippen molar-refractivity contribution < 1.29 is 19.2 Å². The van der Waals surface area contributed by atoms with E-state index in [2.05, 4.69) is 0 Å². The maximum atomic E-state index is 11.7. The summed E-state index contributed by atoms with van der Waals surface area (Å²) in [5, 5.41) is 0. The lowest BCUT2D eigenvalue weighted by Crippen LogP contribution is -2.25. The van der Waals surface area contributed by atoms with Crippen molar-refractivity contribution in [3.63, 3.8) is 0 Å². The van der Waals surface area contributed by atoms with E-state index in [1.165, 1.54) is 0 Å². The van der Waals surface area contributed by atoms with E-state index in [1.54, 1.807) is 18.2 Å². The molecule has 0 unspecified atom stereocenters. The van der Waals surface area contributed by atoms with Gasteiger partial charge in [-0.2, -0.15) is 0 Å². The van der Waals surface area contributed by atoms with Crippen LogP contribution in [0.15, 0.2) is 30.3 Å². The van der Waals surface area contributed by atoms with E-state index in [0.29, 0.717) is 12.0 Å². The summed E-state index contributed by atoms with van der Waals surface area (Å²) in [6.45, 7) is 0. The molecule has 0 aromatic heterocycles. The van der Waals surface area contributed by atoms with E-state index in [9.17, 15) is 19.2 Å². The summed E-state index contributed by atoms with van der Waals surface area (Å²) in [6, 6.07) is 7.14. The van der Waals surface area contributed by atoms with Gasteiger partial charge in [-0.25, -0.2) is 0 Å². The normalized spacial score (nSPS) is 12.6. The van der Waals surface area contributed by atoms with E-state index in [-0.39, 0.29) is 11.9 Å². The quantitative estimate of drug-likeness (QED) is 0.428. The number of aldehydes is 1.